The highest BCUT2D eigenvalue weighted by molar-refractivity contribution is 5.95. The van der Waals surface area contributed by atoms with Crippen LogP contribution in [0.3, 0.4) is 0 Å². The average Bonchev–Trinajstić information content (AvgIpc) is 3.05. The van der Waals surface area contributed by atoms with Gasteiger partial charge in [0, 0.05) is 13.3 Å². The van der Waals surface area contributed by atoms with E-state index in [1.807, 2.05) is 13.8 Å². The number of amides is 2. The molecule has 174 valence electrons. The number of phenols is 1. The van der Waals surface area contributed by atoms with Crippen molar-refractivity contribution in [2.75, 3.05) is 0 Å². The van der Waals surface area contributed by atoms with Crippen molar-refractivity contribution in [2.24, 2.45) is 5.92 Å². The van der Waals surface area contributed by atoms with E-state index in [-0.39, 0.29) is 30.1 Å². The summed E-state index contributed by atoms with van der Waals surface area (Å²) in [5, 5.41) is 25.8. The molecule has 0 radical (unpaired) electrons. The zero-order chi connectivity index (χ0) is 23.6. The van der Waals surface area contributed by atoms with E-state index in [2.05, 4.69) is 10.6 Å². The van der Waals surface area contributed by atoms with Crippen LogP contribution in [0.5, 0.6) is 5.75 Å². The predicted octanol–water partition coefficient (Wildman–Crippen LogP) is 0.186. The van der Waals surface area contributed by atoms with Gasteiger partial charge in [-0.15, -0.1) is 0 Å². The molecular weight excluding hydrogens is 420 g/mol. The minimum atomic E-state index is -1.72. The third-order valence-corrected chi connectivity index (χ3v) is 5.53. The summed E-state index contributed by atoms with van der Waals surface area (Å²) in [4.78, 5) is 48.4. The standard InChI is InChI=1S/C22H28N2O8/c1-10(2)7-13(16-8-12-5-4-6-15(26)18(12)22(30)31-16)24-21(29)19(28)20-14(23-11(3)25)9-17(27)32-20/h4-6,10,13-14,16,19-20,26,28H,7-9H2,1-3H3,(H,23,25)(H,24,29)/t13-,14-,16-,19-,20-/m0/s1. The van der Waals surface area contributed by atoms with Gasteiger partial charge in [0.15, 0.2) is 12.2 Å². The van der Waals surface area contributed by atoms with E-state index < -0.39 is 54.1 Å². The van der Waals surface area contributed by atoms with Gasteiger partial charge in [-0.2, -0.15) is 0 Å². The van der Waals surface area contributed by atoms with Gasteiger partial charge in [-0.3, -0.25) is 14.4 Å². The van der Waals surface area contributed by atoms with Crippen LogP contribution in [0.25, 0.3) is 0 Å². The van der Waals surface area contributed by atoms with Crippen molar-refractivity contribution in [3.63, 3.8) is 0 Å². The van der Waals surface area contributed by atoms with E-state index in [4.69, 9.17) is 9.47 Å². The van der Waals surface area contributed by atoms with E-state index in [0.29, 0.717) is 12.0 Å². The minimum Gasteiger partial charge on any atom is -0.507 e. The first-order valence-corrected chi connectivity index (χ1v) is 10.5. The maximum Gasteiger partial charge on any atom is 0.342 e. The van der Waals surface area contributed by atoms with E-state index >= 15 is 0 Å². The fraction of sp³-hybridized carbons (Fsp3) is 0.545. The van der Waals surface area contributed by atoms with Crippen LogP contribution in [0.2, 0.25) is 0 Å². The normalized spacial score (nSPS) is 24.2. The molecule has 0 unspecified atom stereocenters. The van der Waals surface area contributed by atoms with Crippen LogP contribution >= 0.6 is 0 Å². The molecule has 0 saturated carbocycles. The van der Waals surface area contributed by atoms with Crippen LogP contribution < -0.4 is 10.6 Å². The van der Waals surface area contributed by atoms with Crippen molar-refractivity contribution in [2.45, 2.75) is 70.4 Å². The number of hydrogen-bond donors (Lipinski definition) is 4. The Hall–Kier alpha value is -3.14. The Kier molecular flexibility index (Phi) is 7.02. The first-order chi connectivity index (χ1) is 15.1. The molecule has 1 aromatic carbocycles. The van der Waals surface area contributed by atoms with Crippen LogP contribution in [-0.4, -0.2) is 64.4 Å². The number of fused-ring (bicyclic) bond motifs is 1. The number of benzene rings is 1. The summed E-state index contributed by atoms with van der Waals surface area (Å²) in [7, 11) is 0. The number of esters is 2. The molecule has 2 amide bonds. The summed E-state index contributed by atoms with van der Waals surface area (Å²) in [6.45, 7) is 5.13. The molecule has 32 heavy (non-hydrogen) atoms. The number of carbonyl (C=O) groups excluding carboxylic acids is 4. The van der Waals surface area contributed by atoms with Gasteiger partial charge in [-0.05, 0) is 24.0 Å². The molecule has 1 saturated heterocycles. The van der Waals surface area contributed by atoms with E-state index in [1.165, 1.54) is 13.0 Å². The SMILES string of the molecule is CC(=O)N[C@H]1CC(=O)O[C@@H]1[C@H](O)C(=O)N[C@@H](CC(C)C)[C@@H]1Cc2cccc(O)c2C(=O)O1. The van der Waals surface area contributed by atoms with Gasteiger partial charge < -0.3 is 30.3 Å². The summed E-state index contributed by atoms with van der Waals surface area (Å²) in [6.07, 6.45) is -3.08. The maximum atomic E-state index is 12.8. The second-order valence-corrected chi connectivity index (χ2v) is 8.61. The molecule has 0 spiro atoms. The molecular formula is C22H28N2O8. The Balaban J connectivity index is 1.75. The van der Waals surface area contributed by atoms with Gasteiger partial charge in [-0.25, -0.2) is 4.79 Å². The van der Waals surface area contributed by atoms with E-state index in [0.717, 1.165) is 0 Å². The van der Waals surface area contributed by atoms with Crippen molar-refractivity contribution in [3.8, 4) is 5.75 Å². The summed E-state index contributed by atoms with van der Waals surface area (Å²) >= 11 is 0. The van der Waals surface area contributed by atoms with Crippen molar-refractivity contribution in [1.82, 2.24) is 10.6 Å². The molecule has 10 heteroatoms. The van der Waals surface area contributed by atoms with Crippen LogP contribution in [0.1, 0.15) is 49.5 Å². The zero-order valence-corrected chi connectivity index (χ0v) is 18.2. The van der Waals surface area contributed by atoms with Gasteiger partial charge in [-0.1, -0.05) is 26.0 Å². The Morgan fingerprint density at radius 2 is 1.91 bits per heavy atom. The molecule has 0 aromatic heterocycles. The second-order valence-electron chi connectivity index (χ2n) is 8.61. The van der Waals surface area contributed by atoms with Crippen LogP contribution in [0.4, 0.5) is 0 Å². The van der Waals surface area contributed by atoms with Gasteiger partial charge in [0.2, 0.25) is 5.91 Å². The molecule has 2 aliphatic rings. The molecule has 1 aromatic rings. The van der Waals surface area contributed by atoms with Crippen LogP contribution in [0, 0.1) is 5.92 Å². The number of phenolic OH excluding ortho intramolecular Hbond substituents is 1. The highest BCUT2D eigenvalue weighted by Gasteiger charge is 2.44. The van der Waals surface area contributed by atoms with Crippen molar-refractivity contribution in [3.05, 3.63) is 29.3 Å². The lowest BCUT2D eigenvalue weighted by Gasteiger charge is -2.33. The zero-order valence-electron chi connectivity index (χ0n) is 18.2. The molecule has 3 rings (SSSR count). The highest BCUT2D eigenvalue weighted by atomic mass is 16.6. The summed E-state index contributed by atoms with van der Waals surface area (Å²) in [5.74, 6) is -2.58. The lowest BCUT2D eigenvalue weighted by molar-refractivity contribution is -0.151. The van der Waals surface area contributed by atoms with E-state index in [1.54, 1.807) is 12.1 Å². The molecule has 0 bridgehead atoms. The van der Waals surface area contributed by atoms with Crippen molar-refractivity contribution >= 4 is 23.8 Å². The Morgan fingerprint density at radius 1 is 1.19 bits per heavy atom. The lowest BCUT2D eigenvalue weighted by atomic mass is 9.90. The Bertz CT molecular complexity index is 915. The predicted molar refractivity (Wildman–Crippen MR) is 111 cm³/mol. The largest absolute Gasteiger partial charge is 0.507 e. The molecule has 2 aliphatic heterocycles. The molecule has 4 N–H and O–H groups in total. The van der Waals surface area contributed by atoms with Gasteiger partial charge >= 0.3 is 11.9 Å². The number of aliphatic hydroxyl groups excluding tert-OH is 1. The van der Waals surface area contributed by atoms with Gasteiger partial charge in [0.05, 0.1) is 18.5 Å². The quantitative estimate of drug-likeness (QED) is 0.432. The number of ether oxygens (including phenoxy) is 2. The fourth-order valence-electron chi connectivity index (χ4n) is 4.16. The number of hydrogen-bond acceptors (Lipinski definition) is 8. The number of aromatic hydroxyl groups is 1. The summed E-state index contributed by atoms with van der Waals surface area (Å²) in [5.41, 5.74) is 0.708. The number of nitrogens with one attached hydrogen (secondary N) is 2. The molecule has 10 nitrogen and oxygen atoms in total. The molecule has 0 aliphatic carbocycles. The van der Waals surface area contributed by atoms with Crippen LogP contribution in [-0.2, 0) is 30.3 Å². The number of aliphatic hydroxyl groups is 1. The third kappa shape index (κ3) is 5.18. The van der Waals surface area contributed by atoms with Crippen molar-refractivity contribution < 1.29 is 38.9 Å². The number of carbonyl (C=O) groups is 4. The third-order valence-electron chi connectivity index (χ3n) is 5.53. The molecule has 5 atom stereocenters. The summed E-state index contributed by atoms with van der Waals surface area (Å²) < 4.78 is 10.6. The monoisotopic (exact) mass is 448 g/mol. The first kappa shape index (κ1) is 23.5. The van der Waals surface area contributed by atoms with Gasteiger partial charge in [0.1, 0.15) is 17.4 Å². The second kappa shape index (κ2) is 9.56. The molecule has 2 heterocycles. The number of cyclic esters (lactones) is 2. The first-order valence-electron chi connectivity index (χ1n) is 10.5. The fourth-order valence-corrected chi connectivity index (χ4v) is 4.16. The van der Waals surface area contributed by atoms with Crippen LogP contribution in [0.15, 0.2) is 18.2 Å². The topological polar surface area (TPSA) is 151 Å². The van der Waals surface area contributed by atoms with Gasteiger partial charge in [0.25, 0.3) is 5.91 Å². The minimum absolute atomic E-state index is 0.106. The molecule has 1 fully saturated rings. The number of rotatable bonds is 7. The lowest BCUT2D eigenvalue weighted by Crippen LogP contribution is -2.55. The highest BCUT2D eigenvalue weighted by Crippen LogP contribution is 2.30. The Morgan fingerprint density at radius 3 is 2.56 bits per heavy atom. The summed E-state index contributed by atoms with van der Waals surface area (Å²) in [6, 6.07) is 3.28. The Labute approximate surface area is 185 Å². The smallest absolute Gasteiger partial charge is 0.342 e. The maximum absolute atomic E-state index is 12.8. The van der Waals surface area contributed by atoms with E-state index in [9.17, 15) is 29.4 Å². The van der Waals surface area contributed by atoms with Crippen molar-refractivity contribution in [1.29, 1.82) is 0 Å². The average molecular weight is 448 g/mol.